The van der Waals surface area contributed by atoms with E-state index >= 15 is 0 Å². The highest BCUT2D eigenvalue weighted by molar-refractivity contribution is 5.85. The number of piperidine rings is 1. The molecular formula is C29H31N5O2. The van der Waals surface area contributed by atoms with Gasteiger partial charge in [-0.2, -0.15) is 0 Å². The van der Waals surface area contributed by atoms with Crippen LogP contribution in [0.15, 0.2) is 60.9 Å². The Balaban J connectivity index is 1.36. The van der Waals surface area contributed by atoms with Crippen LogP contribution in [-0.4, -0.2) is 44.9 Å². The molecule has 2 aliphatic rings. The molecule has 36 heavy (non-hydrogen) atoms. The van der Waals surface area contributed by atoms with Gasteiger partial charge < -0.3 is 15.4 Å². The Morgan fingerprint density at radius 2 is 1.89 bits per heavy atom. The third kappa shape index (κ3) is 3.70. The smallest absolute Gasteiger partial charge is 0.222 e. The Morgan fingerprint density at radius 1 is 1.08 bits per heavy atom. The summed E-state index contributed by atoms with van der Waals surface area (Å²) in [5.74, 6) is 2.94. The average Bonchev–Trinajstić information content (AvgIpc) is 3.49. The lowest BCUT2D eigenvalue weighted by Gasteiger charge is -2.34. The lowest BCUT2D eigenvalue weighted by Crippen LogP contribution is -2.41. The van der Waals surface area contributed by atoms with E-state index in [-0.39, 0.29) is 17.7 Å². The highest BCUT2D eigenvalue weighted by atomic mass is 16.5. The zero-order valence-corrected chi connectivity index (χ0v) is 20.7. The van der Waals surface area contributed by atoms with Crippen LogP contribution in [0.2, 0.25) is 0 Å². The van der Waals surface area contributed by atoms with Crippen molar-refractivity contribution < 1.29 is 9.53 Å². The van der Waals surface area contributed by atoms with Gasteiger partial charge in [-0.05, 0) is 30.9 Å². The van der Waals surface area contributed by atoms with E-state index in [0.29, 0.717) is 18.3 Å². The van der Waals surface area contributed by atoms with Gasteiger partial charge in [-0.1, -0.05) is 49.4 Å². The predicted molar refractivity (Wildman–Crippen MR) is 140 cm³/mol. The molecule has 2 aromatic carbocycles. The SMILES string of the molecule is COc1ccccc1[C@H](C)c1ccc(-c2nc([C@@H]3CC[C@H]4CCC(=O)N4C3)n3ccnc(N)c23)cc1. The molecule has 0 radical (unpaired) electrons. The molecule has 4 heterocycles. The van der Waals surface area contributed by atoms with Crippen molar-refractivity contribution in [2.24, 2.45) is 0 Å². The maximum Gasteiger partial charge on any atom is 0.222 e. The summed E-state index contributed by atoms with van der Waals surface area (Å²) in [5, 5.41) is 0. The van der Waals surface area contributed by atoms with Crippen LogP contribution in [0.1, 0.15) is 61.4 Å². The molecule has 0 spiro atoms. The van der Waals surface area contributed by atoms with E-state index in [1.54, 1.807) is 13.3 Å². The molecule has 6 rings (SSSR count). The van der Waals surface area contributed by atoms with Crippen molar-refractivity contribution in [2.45, 2.75) is 50.5 Å². The summed E-state index contributed by atoms with van der Waals surface area (Å²) in [5.41, 5.74) is 11.4. The number of nitrogen functional groups attached to an aromatic ring is 1. The van der Waals surface area contributed by atoms with E-state index in [4.69, 9.17) is 15.5 Å². The Labute approximate surface area is 210 Å². The molecule has 7 heteroatoms. The quantitative estimate of drug-likeness (QED) is 0.433. The van der Waals surface area contributed by atoms with E-state index in [0.717, 1.165) is 59.7 Å². The van der Waals surface area contributed by atoms with Crippen LogP contribution >= 0.6 is 0 Å². The maximum atomic E-state index is 12.4. The third-order valence-electron chi connectivity index (χ3n) is 7.98. The summed E-state index contributed by atoms with van der Waals surface area (Å²) >= 11 is 0. The number of nitrogens with two attached hydrogens (primary N) is 1. The molecule has 0 unspecified atom stereocenters. The minimum Gasteiger partial charge on any atom is -0.496 e. The molecule has 0 aliphatic carbocycles. The normalized spacial score (nSPS) is 20.5. The second-order valence-corrected chi connectivity index (χ2v) is 9.95. The minimum absolute atomic E-state index is 0.177. The summed E-state index contributed by atoms with van der Waals surface area (Å²) in [6.07, 6.45) is 7.36. The van der Waals surface area contributed by atoms with Gasteiger partial charge in [0, 0.05) is 54.4 Å². The van der Waals surface area contributed by atoms with E-state index in [9.17, 15) is 4.79 Å². The van der Waals surface area contributed by atoms with Crippen LogP contribution < -0.4 is 10.5 Å². The first-order valence-corrected chi connectivity index (χ1v) is 12.7. The Morgan fingerprint density at radius 3 is 2.69 bits per heavy atom. The second-order valence-electron chi connectivity index (χ2n) is 9.95. The van der Waals surface area contributed by atoms with Gasteiger partial charge in [0.25, 0.3) is 0 Å². The van der Waals surface area contributed by atoms with Crippen molar-refractivity contribution in [3.05, 3.63) is 77.9 Å². The van der Waals surface area contributed by atoms with Crippen molar-refractivity contribution >= 4 is 17.2 Å². The summed E-state index contributed by atoms with van der Waals surface area (Å²) < 4.78 is 7.66. The third-order valence-corrected chi connectivity index (χ3v) is 7.98. The van der Waals surface area contributed by atoms with Crippen LogP contribution in [0.3, 0.4) is 0 Å². The van der Waals surface area contributed by atoms with Crippen LogP contribution in [0.25, 0.3) is 16.8 Å². The van der Waals surface area contributed by atoms with E-state index in [1.807, 2.05) is 24.4 Å². The number of nitrogens with zero attached hydrogens (tertiary/aromatic N) is 4. The van der Waals surface area contributed by atoms with Gasteiger partial charge in [-0.15, -0.1) is 0 Å². The number of imidazole rings is 1. The topological polar surface area (TPSA) is 85.8 Å². The molecular weight excluding hydrogens is 450 g/mol. The number of carbonyl (C=O) groups is 1. The number of anilines is 1. The molecule has 0 bridgehead atoms. The fraction of sp³-hybridized carbons (Fsp3) is 0.345. The first kappa shape index (κ1) is 22.6. The summed E-state index contributed by atoms with van der Waals surface area (Å²) in [4.78, 5) is 24.0. The Bertz CT molecular complexity index is 1430. The number of hydrogen-bond donors (Lipinski definition) is 1. The molecule has 2 saturated heterocycles. The maximum absolute atomic E-state index is 12.4. The number of benzene rings is 2. The van der Waals surface area contributed by atoms with Gasteiger partial charge in [0.05, 0.1) is 7.11 Å². The summed E-state index contributed by atoms with van der Waals surface area (Å²) in [7, 11) is 1.71. The molecule has 2 aliphatic heterocycles. The van der Waals surface area contributed by atoms with Crippen molar-refractivity contribution in [3.63, 3.8) is 0 Å². The van der Waals surface area contributed by atoms with Crippen LogP contribution in [0, 0.1) is 0 Å². The summed E-state index contributed by atoms with van der Waals surface area (Å²) in [6, 6.07) is 17.1. The largest absolute Gasteiger partial charge is 0.496 e. The number of carbonyl (C=O) groups excluding carboxylic acids is 1. The van der Waals surface area contributed by atoms with Crippen LogP contribution in [-0.2, 0) is 4.79 Å². The Hall–Kier alpha value is -3.87. The van der Waals surface area contributed by atoms with Crippen molar-refractivity contribution in [1.29, 1.82) is 0 Å². The highest BCUT2D eigenvalue weighted by Crippen LogP contribution is 2.38. The van der Waals surface area contributed by atoms with Gasteiger partial charge in [-0.25, -0.2) is 9.97 Å². The number of fused-ring (bicyclic) bond motifs is 2. The number of methoxy groups -OCH3 is 1. The van der Waals surface area contributed by atoms with Crippen molar-refractivity contribution in [2.75, 3.05) is 19.4 Å². The predicted octanol–water partition coefficient (Wildman–Crippen LogP) is 5.01. The first-order chi connectivity index (χ1) is 17.5. The standard InChI is InChI=1S/C29H31N5O2/c1-18(23-5-3-4-6-24(23)36-2)19-7-9-20(10-8-19)26-27-28(30)31-15-16-33(27)29(32-26)21-11-12-22-13-14-25(35)34(22)17-21/h3-10,15-16,18,21-22H,11-14,17H2,1-2H3,(H2,30,31)/t18-,21-,22+/m1/s1. The average molecular weight is 482 g/mol. The summed E-state index contributed by atoms with van der Waals surface area (Å²) in [6.45, 7) is 2.91. The van der Waals surface area contributed by atoms with Crippen molar-refractivity contribution in [1.82, 2.24) is 19.3 Å². The fourth-order valence-electron chi connectivity index (χ4n) is 5.99. The monoisotopic (exact) mass is 481 g/mol. The van der Waals surface area contributed by atoms with Gasteiger partial charge in [0.1, 0.15) is 28.6 Å². The number of ether oxygens (including phenoxy) is 1. The van der Waals surface area contributed by atoms with Gasteiger partial charge >= 0.3 is 0 Å². The molecule has 7 nitrogen and oxygen atoms in total. The molecule has 2 fully saturated rings. The number of hydrogen-bond acceptors (Lipinski definition) is 5. The van der Waals surface area contributed by atoms with E-state index in [1.165, 1.54) is 5.56 Å². The second kappa shape index (κ2) is 8.97. The molecule has 2 N–H and O–H groups in total. The first-order valence-electron chi connectivity index (χ1n) is 12.7. The zero-order chi connectivity index (χ0) is 24.8. The number of aromatic nitrogens is 3. The molecule has 4 aromatic rings. The molecule has 184 valence electrons. The van der Waals surface area contributed by atoms with Gasteiger partial charge in [0.2, 0.25) is 5.91 Å². The number of amides is 1. The van der Waals surface area contributed by atoms with E-state index in [2.05, 4.69) is 51.5 Å². The van der Waals surface area contributed by atoms with Crippen molar-refractivity contribution in [3.8, 4) is 17.0 Å². The minimum atomic E-state index is 0.177. The lowest BCUT2D eigenvalue weighted by molar-refractivity contribution is -0.130. The molecule has 1 amide bonds. The van der Waals surface area contributed by atoms with Crippen LogP contribution in [0.4, 0.5) is 5.82 Å². The van der Waals surface area contributed by atoms with Crippen LogP contribution in [0.5, 0.6) is 5.75 Å². The number of para-hydroxylation sites is 1. The highest BCUT2D eigenvalue weighted by Gasteiger charge is 2.38. The molecule has 0 saturated carbocycles. The van der Waals surface area contributed by atoms with Gasteiger partial charge in [0.15, 0.2) is 0 Å². The number of rotatable bonds is 5. The lowest BCUT2D eigenvalue weighted by atomic mass is 9.91. The molecule has 2 aromatic heterocycles. The molecule has 3 atom stereocenters. The zero-order valence-electron chi connectivity index (χ0n) is 20.7. The van der Waals surface area contributed by atoms with E-state index < -0.39 is 0 Å². The van der Waals surface area contributed by atoms with Gasteiger partial charge in [-0.3, -0.25) is 9.20 Å². The Kier molecular flexibility index (Phi) is 5.63. The fourth-order valence-corrected chi connectivity index (χ4v) is 5.99.